The van der Waals surface area contributed by atoms with Crippen molar-refractivity contribution in [1.82, 2.24) is 4.98 Å². The van der Waals surface area contributed by atoms with Crippen molar-refractivity contribution < 1.29 is 4.74 Å². The van der Waals surface area contributed by atoms with Gasteiger partial charge >= 0.3 is 0 Å². The highest BCUT2D eigenvalue weighted by Gasteiger charge is 2.18. The molecule has 4 nitrogen and oxygen atoms in total. The lowest BCUT2D eigenvalue weighted by Crippen LogP contribution is -2.36. The molecule has 0 bridgehead atoms. The third-order valence-corrected chi connectivity index (χ3v) is 6.29. The predicted molar refractivity (Wildman–Crippen MR) is 117 cm³/mol. The molecule has 3 aromatic rings. The molecule has 0 unspecified atom stereocenters. The monoisotopic (exact) mass is 375 g/mol. The number of aromatic amines is 1. The maximum atomic E-state index is 5.44. The number of ether oxygens (including phenoxy) is 1. The van der Waals surface area contributed by atoms with Crippen LogP contribution in [0.2, 0.25) is 0 Å². The van der Waals surface area contributed by atoms with E-state index in [-0.39, 0.29) is 0 Å². The number of anilines is 3. The number of benzene rings is 2. The van der Waals surface area contributed by atoms with Gasteiger partial charge in [-0.25, -0.2) is 0 Å². The van der Waals surface area contributed by atoms with Crippen LogP contribution in [0.1, 0.15) is 43.6 Å². The van der Waals surface area contributed by atoms with Gasteiger partial charge in [-0.1, -0.05) is 25.3 Å². The maximum absolute atomic E-state index is 5.44. The Morgan fingerprint density at radius 3 is 2.43 bits per heavy atom. The summed E-state index contributed by atoms with van der Waals surface area (Å²) in [5.41, 5.74) is 6.26. The molecule has 2 heterocycles. The van der Waals surface area contributed by atoms with Crippen LogP contribution in [0.4, 0.5) is 17.1 Å². The van der Waals surface area contributed by atoms with E-state index in [4.69, 9.17) is 4.74 Å². The average molecular weight is 376 g/mol. The summed E-state index contributed by atoms with van der Waals surface area (Å²) < 4.78 is 5.44. The first-order valence-electron chi connectivity index (χ1n) is 10.7. The minimum atomic E-state index is 0.731. The van der Waals surface area contributed by atoms with Crippen LogP contribution in [0.15, 0.2) is 48.7 Å². The summed E-state index contributed by atoms with van der Waals surface area (Å²) >= 11 is 0. The molecule has 2 aliphatic rings. The summed E-state index contributed by atoms with van der Waals surface area (Å²) in [6.07, 6.45) is 9.05. The molecule has 0 spiro atoms. The van der Waals surface area contributed by atoms with Crippen LogP contribution >= 0.6 is 0 Å². The van der Waals surface area contributed by atoms with Gasteiger partial charge < -0.3 is 19.9 Å². The number of H-pyrrole nitrogens is 1. The van der Waals surface area contributed by atoms with Gasteiger partial charge in [-0.3, -0.25) is 0 Å². The molecular weight excluding hydrogens is 346 g/mol. The summed E-state index contributed by atoms with van der Waals surface area (Å²) in [7, 11) is 0. The fraction of sp³-hybridized carbons (Fsp3) is 0.417. The summed E-state index contributed by atoms with van der Waals surface area (Å²) in [6.45, 7) is 3.58. The Kier molecular flexibility index (Phi) is 4.96. The molecule has 1 aliphatic carbocycles. The van der Waals surface area contributed by atoms with Crippen molar-refractivity contribution in [1.29, 1.82) is 0 Å². The fourth-order valence-electron chi connectivity index (χ4n) is 4.72. The van der Waals surface area contributed by atoms with Gasteiger partial charge in [-0.2, -0.15) is 0 Å². The molecule has 28 heavy (non-hydrogen) atoms. The molecule has 1 aromatic heterocycles. The van der Waals surface area contributed by atoms with Crippen LogP contribution in [0.5, 0.6) is 0 Å². The number of hydrogen-bond donors (Lipinski definition) is 2. The summed E-state index contributed by atoms with van der Waals surface area (Å²) in [6, 6.07) is 15.4. The number of nitrogens with one attached hydrogen (secondary N) is 2. The van der Waals surface area contributed by atoms with Crippen LogP contribution in [0, 0.1) is 0 Å². The lowest BCUT2D eigenvalue weighted by Gasteiger charge is -2.28. The molecule has 1 aliphatic heterocycles. The fourth-order valence-corrected chi connectivity index (χ4v) is 4.72. The van der Waals surface area contributed by atoms with Gasteiger partial charge in [0.2, 0.25) is 0 Å². The highest BCUT2D eigenvalue weighted by atomic mass is 16.5. The van der Waals surface area contributed by atoms with E-state index < -0.39 is 0 Å². The number of aromatic nitrogens is 1. The Hall–Kier alpha value is -2.46. The third-order valence-electron chi connectivity index (χ3n) is 6.29. The molecule has 2 fully saturated rings. The first kappa shape index (κ1) is 17.6. The van der Waals surface area contributed by atoms with Crippen molar-refractivity contribution >= 4 is 28.0 Å². The second kappa shape index (κ2) is 7.88. The molecule has 1 saturated carbocycles. The smallest absolute Gasteiger partial charge is 0.0642 e. The van der Waals surface area contributed by atoms with Crippen LogP contribution in [0.25, 0.3) is 10.9 Å². The van der Waals surface area contributed by atoms with Gasteiger partial charge in [-0.15, -0.1) is 0 Å². The van der Waals surface area contributed by atoms with Crippen LogP contribution in [-0.4, -0.2) is 31.3 Å². The van der Waals surface area contributed by atoms with Gasteiger partial charge in [0.15, 0.2) is 0 Å². The number of nitrogens with zero attached hydrogens (tertiary/aromatic N) is 1. The van der Waals surface area contributed by atoms with Gasteiger partial charge in [0.25, 0.3) is 0 Å². The molecule has 0 amide bonds. The van der Waals surface area contributed by atoms with E-state index in [1.54, 1.807) is 0 Å². The zero-order valence-electron chi connectivity index (χ0n) is 16.4. The minimum Gasteiger partial charge on any atom is -0.378 e. The van der Waals surface area contributed by atoms with Gasteiger partial charge in [0.05, 0.1) is 13.2 Å². The van der Waals surface area contributed by atoms with Crippen molar-refractivity contribution in [2.24, 2.45) is 0 Å². The summed E-state index contributed by atoms with van der Waals surface area (Å²) in [5.74, 6) is 0.731. The van der Waals surface area contributed by atoms with E-state index in [1.165, 1.54) is 54.3 Å². The lowest BCUT2D eigenvalue weighted by atomic mass is 9.84. The van der Waals surface area contributed by atoms with Gasteiger partial charge in [-0.05, 0) is 60.7 Å². The van der Waals surface area contributed by atoms with E-state index in [1.807, 2.05) is 0 Å². The standard InChI is InChI=1S/C24H29N3O/c1-2-4-18(5-3-1)23-17-25-24-16-20(8-11-22(23)24)26-19-6-9-21(10-7-19)27-12-14-28-15-13-27/h6-11,16-18,25-26H,1-5,12-15H2. The zero-order chi connectivity index (χ0) is 18.8. The van der Waals surface area contributed by atoms with Crippen molar-refractivity contribution in [2.45, 2.75) is 38.0 Å². The molecule has 0 atom stereocenters. The van der Waals surface area contributed by atoms with E-state index in [0.29, 0.717) is 0 Å². The van der Waals surface area contributed by atoms with Gasteiger partial charge in [0.1, 0.15) is 0 Å². The second-order valence-electron chi connectivity index (χ2n) is 8.11. The Morgan fingerprint density at radius 1 is 0.893 bits per heavy atom. The number of rotatable bonds is 4. The molecular formula is C24H29N3O. The average Bonchev–Trinajstić information content (AvgIpc) is 3.19. The third kappa shape index (κ3) is 3.61. The van der Waals surface area contributed by atoms with Crippen molar-refractivity contribution in [3.05, 3.63) is 54.2 Å². The van der Waals surface area contributed by atoms with Crippen molar-refractivity contribution in [3.8, 4) is 0 Å². The lowest BCUT2D eigenvalue weighted by molar-refractivity contribution is 0.122. The normalized spacial score (nSPS) is 18.5. The van der Waals surface area contributed by atoms with Crippen LogP contribution in [-0.2, 0) is 4.74 Å². The topological polar surface area (TPSA) is 40.3 Å². The van der Waals surface area contributed by atoms with Crippen LogP contribution in [0.3, 0.4) is 0 Å². The molecule has 2 aromatic carbocycles. The molecule has 4 heteroatoms. The summed E-state index contributed by atoms with van der Waals surface area (Å²) in [4.78, 5) is 5.89. The largest absolute Gasteiger partial charge is 0.378 e. The minimum absolute atomic E-state index is 0.731. The van der Waals surface area contributed by atoms with Gasteiger partial charge in [0, 0.05) is 47.3 Å². The molecule has 5 rings (SSSR count). The SMILES string of the molecule is c1cc(N2CCOCC2)ccc1Nc1ccc2c(C3CCCCC3)c[nH]c2c1. The Labute approximate surface area is 166 Å². The van der Waals surface area contributed by atoms with E-state index in [2.05, 4.69) is 63.9 Å². The molecule has 0 radical (unpaired) electrons. The Morgan fingerprint density at radius 2 is 1.64 bits per heavy atom. The number of morpholine rings is 1. The molecule has 1 saturated heterocycles. The van der Waals surface area contributed by atoms with E-state index in [0.717, 1.165) is 43.6 Å². The summed E-state index contributed by atoms with van der Waals surface area (Å²) in [5, 5.41) is 4.94. The van der Waals surface area contributed by atoms with E-state index in [9.17, 15) is 0 Å². The Bertz CT molecular complexity index is 919. The second-order valence-corrected chi connectivity index (χ2v) is 8.11. The van der Waals surface area contributed by atoms with Crippen molar-refractivity contribution in [2.75, 3.05) is 36.5 Å². The zero-order valence-corrected chi connectivity index (χ0v) is 16.4. The van der Waals surface area contributed by atoms with Crippen LogP contribution < -0.4 is 10.2 Å². The first-order chi connectivity index (χ1) is 13.9. The quantitative estimate of drug-likeness (QED) is 0.606. The Balaban J connectivity index is 1.31. The number of hydrogen-bond acceptors (Lipinski definition) is 3. The molecule has 146 valence electrons. The van der Waals surface area contributed by atoms with Crippen molar-refractivity contribution in [3.63, 3.8) is 0 Å². The first-order valence-corrected chi connectivity index (χ1v) is 10.7. The number of fused-ring (bicyclic) bond motifs is 1. The van der Waals surface area contributed by atoms with E-state index >= 15 is 0 Å². The maximum Gasteiger partial charge on any atom is 0.0642 e. The predicted octanol–water partition coefficient (Wildman–Crippen LogP) is 5.80. The highest BCUT2D eigenvalue weighted by Crippen LogP contribution is 2.37. The highest BCUT2D eigenvalue weighted by molar-refractivity contribution is 5.87. The molecule has 2 N–H and O–H groups in total.